The summed E-state index contributed by atoms with van der Waals surface area (Å²) < 4.78 is 1.97. The minimum atomic E-state index is 1.01. The molecule has 0 fully saturated rings. The number of aromatic nitrogens is 3. The van der Waals surface area contributed by atoms with Crippen LogP contribution in [0.3, 0.4) is 0 Å². The Kier molecular flexibility index (Phi) is 2.17. The van der Waals surface area contributed by atoms with Gasteiger partial charge in [0.1, 0.15) is 0 Å². The summed E-state index contributed by atoms with van der Waals surface area (Å²) >= 11 is 1.92. The third kappa shape index (κ3) is 1.39. The molecule has 3 aromatic rings. The maximum absolute atomic E-state index is 4.76. The van der Waals surface area contributed by atoms with Gasteiger partial charge in [-0.05, 0) is 12.1 Å². The molecule has 0 spiro atoms. The topological polar surface area (TPSA) is 30.7 Å². The first-order valence-corrected chi connectivity index (χ1v) is 7.07. The lowest BCUT2D eigenvalue weighted by Crippen LogP contribution is -2.03. The van der Waals surface area contributed by atoms with Gasteiger partial charge in [-0.25, -0.2) is 4.68 Å². The zero-order chi connectivity index (χ0) is 11.9. The minimum Gasteiger partial charge on any atom is -0.251 e. The van der Waals surface area contributed by atoms with Gasteiger partial charge in [0.25, 0.3) is 0 Å². The van der Waals surface area contributed by atoms with Crippen molar-refractivity contribution in [2.45, 2.75) is 11.5 Å². The van der Waals surface area contributed by atoms with E-state index in [0.717, 1.165) is 17.0 Å². The van der Waals surface area contributed by atoms with Crippen molar-refractivity contribution in [2.24, 2.45) is 0 Å². The zero-order valence-electron chi connectivity index (χ0n) is 9.71. The van der Waals surface area contributed by atoms with Crippen LogP contribution in [0.25, 0.3) is 16.6 Å². The van der Waals surface area contributed by atoms with Crippen LogP contribution >= 0.6 is 11.8 Å². The molecule has 88 valence electrons. The highest BCUT2D eigenvalue weighted by Gasteiger charge is 2.20. The van der Waals surface area contributed by atoms with Gasteiger partial charge in [-0.3, -0.25) is 4.98 Å². The third-order valence-electron chi connectivity index (χ3n) is 3.27. The minimum absolute atomic E-state index is 1.01. The van der Waals surface area contributed by atoms with Crippen LogP contribution in [0.4, 0.5) is 0 Å². The number of pyridine rings is 1. The molecule has 3 heterocycles. The number of benzene rings is 1. The fraction of sp³-hybridized carbons (Fsp3) is 0.143. The second-order valence-corrected chi connectivity index (χ2v) is 5.33. The van der Waals surface area contributed by atoms with E-state index in [-0.39, 0.29) is 0 Å². The molecule has 3 nitrogen and oxygen atoms in total. The summed E-state index contributed by atoms with van der Waals surface area (Å²) in [7, 11) is 0. The Bertz CT molecular complexity index is 719. The summed E-state index contributed by atoms with van der Waals surface area (Å²) in [6.45, 7) is 0. The van der Waals surface area contributed by atoms with E-state index in [4.69, 9.17) is 4.98 Å². The van der Waals surface area contributed by atoms with E-state index in [9.17, 15) is 0 Å². The second kappa shape index (κ2) is 3.85. The van der Waals surface area contributed by atoms with Gasteiger partial charge in [0, 0.05) is 34.8 Å². The second-order valence-electron chi connectivity index (χ2n) is 4.35. The Balaban J connectivity index is 2.15. The molecule has 4 rings (SSSR count). The van der Waals surface area contributed by atoms with Crippen LogP contribution in [0.2, 0.25) is 0 Å². The molecule has 0 atom stereocenters. The van der Waals surface area contributed by atoms with Crippen molar-refractivity contribution in [1.82, 2.24) is 14.8 Å². The van der Waals surface area contributed by atoms with Crippen molar-refractivity contribution in [2.75, 3.05) is 0 Å². The van der Waals surface area contributed by atoms with Crippen molar-refractivity contribution in [3.63, 3.8) is 0 Å². The molecule has 0 unspecified atom stereocenters. The van der Waals surface area contributed by atoms with Crippen LogP contribution in [0.1, 0.15) is 11.3 Å². The molecule has 0 aliphatic carbocycles. The Morgan fingerprint density at radius 1 is 1.11 bits per heavy atom. The molecular formula is C14H11N3S. The average molecular weight is 253 g/mol. The summed E-state index contributed by atoms with van der Waals surface area (Å²) in [5.41, 5.74) is 4.81. The molecule has 0 saturated heterocycles. The first-order valence-electron chi connectivity index (χ1n) is 5.92. The van der Waals surface area contributed by atoms with Crippen LogP contribution in [-0.2, 0) is 11.5 Å². The third-order valence-corrected chi connectivity index (χ3v) is 4.24. The van der Waals surface area contributed by atoms with Gasteiger partial charge in [0.2, 0.25) is 0 Å². The highest BCUT2D eigenvalue weighted by atomic mass is 32.2. The molecule has 0 bridgehead atoms. The van der Waals surface area contributed by atoms with Crippen LogP contribution in [0.5, 0.6) is 0 Å². The lowest BCUT2D eigenvalue weighted by Gasteiger charge is -2.11. The summed E-state index contributed by atoms with van der Waals surface area (Å²) in [5.74, 6) is 2.04. The van der Waals surface area contributed by atoms with Crippen LogP contribution in [0, 0.1) is 0 Å². The van der Waals surface area contributed by atoms with Gasteiger partial charge in [0.05, 0.1) is 16.9 Å². The number of rotatable bonds is 1. The zero-order valence-corrected chi connectivity index (χ0v) is 10.5. The van der Waals surface area contributed by atoms with Crippen molar-refractivity contribution < 1.29 is 0 Å². The highest BCUT2D eigenvalue weighted by molar-refractivity contribution is 7.98. The smallest absolute Gasteiger partial charge is 0.0798 e. The Labute approximate surface area is 109 Å². The SMILES string of the molecule is c1ccc2c(-n3cccn3)c3c(nc2c1)CSC3. The number of fused-ring (bicyclic) bond motifs is 2. The van der Waals surface area contributed by atoms with Crippen molar-refractivity contribution in [3.05, 3.63) is 54.0 Å². The highest BCUT2D eigenvalue weighted by Crippen LogP contribution is 2.36. The molecule has 0 amide bonds. The number of thioether (sulfide) groups is 1. The van der Waals surface area contributed by atoms with Gasteiger partial charge in [-0.1, -0.05) is 18.2 Å². The average Bonchev–Trinajstić information content (AvgIpc) is 3.06. The Hall–Kier alpha value is -1.81. The van der Waals surface area contributed by atoms with Gasteiger partial charge in [0.15, 0.2) is 0 Å². The lowest BCUT2D eigenvalue weighted by molar-refractivity contribution is 0.874. The van der Waals surface area contributed by atoms with Crippen LogP contribution < -0.4 is 0 Å². The van der Waals surface area contributed by atoms with Crippen molar-refractivity contribution in [1.29, 1.82) is 0 Å². The normalized spacial score (nSPS) is 14.0. The maximum Gasteiger partial charge on any atom is 0.0798 e. The van der Waals surface area contributed by atoms with E-state index in [2.05, 4.69) is 23.3 Å². The quantitative estimate of drug-likeness (QED) is 0.667. The van der Waals surface area contributed by atoms with Crippen LogP contribution in [-0.4, -0.2) is 14.8 Å². The van der Waals surface area contributed by atoms with E-state index in [1.807, 2.05) is 41.0 Å². The largest absolute Gasteiger partial charge is 0.251 e. The first kappa shape index (κ1) is 10.1. The standard InChI is InChI=1S/C14H11N3S/c1-2-5-12-10(4-1)14(17-7-3-6-15-17)11-8-18-9-13(11)16-12/h1-7H,8-9H2. The van der Waals surface area contributed by atoms with Gasteiger partial charge < -0.3 is 0 Å². The predicted molar refractivity (Wildman–Crippen MR) is 73.9 cm³/mol. The van der Waals surface area contributed by atoms with Crippen molar-refractivity contribution in [3.8, 4) is 5.69 Å². The van der Waals surface area contributed by atoms with E-state index < -0.39 is 0 Å². The fourth-order valence-corrected chi connectivity index (χ4v) is 3.51. The number of para-hydroxylation sites is 1. The summed E-state index contributed by atoms with van der Waals surface area (Å²) in [5, 5.41) is 5.58. The monoisotopic (exact) mass is 253 g/mol. The molecule has 18 heavy (non-hydrogen) atoms. The maximum atomic E-state index is 4.76. The molecular weight excluding hydrogens is 242 g/mol. The van der Waals surface area contributed by atoms with E-state index in [1.165, 1.54) is 22.3 Å². The van der Waals surface area contributed by atoms with E-state index >= 15 is 0 Å². The predicted octanol–water partition coefficient (Wildman–Crippen LogP) is 3.17. The molecule has 0 radical (unpaired) electrons. The molecule has 1 aliphatic rings. The Morgan fingerprint density at radius 3 is 2.94 bits per heavy atom. The van der Waals surface area contributed by atoms with Crippen LogP contribution in [0.15, 0.2) is 42.7 Å². The number of hydrogen-bond acceptors (Lipinski definition) is 3. The number of nitrogens with zero attached hydrogens (tertiary/aromatic N) is 3. The lowest BCUT2D eigenvalue weighted by atomic mass is 10.1. The number of hydrogen-bond donors (Lipinski definition) is 0. The van der Waals surface area contributed by atoms with Gasteiger partial charge >= 0.3 is 0 Å². The summed E-state index contributed by atoms with van der Waals surface area (Å²) in [6, 6.07) is 10.3. The molecule has 0 saturated carbocycles. The fourth-order valence-electron chi connectivity index (χ4n) is 2.47. The molecule has 1 aromatic carbocycles. The Morgan fingerprint density at radius 2 is 2.06 bits per heavy atom. The molecule has 0 N–H and O–H groups in total. The molecule has 4 heteroatoms. The van der Waals surface area contributed by atoms with E-state index in [1.54, 1.807) is 0 Å². The summed E-state index contributed by atoms with van der Waals surface area (Å²) in [6.07, 6.45) is 3.83. The molecule has 1 aliphatic heterocycles. The summed E-state index contributed by atoms with van der Waals surface area (Å²) in [4.78, 5) is 4.76. The molecule has 2 aromatic heterocycles. The van der Waals surface area contributed by atoms with Gasteiger partial charge in [-0.2, -0.15) is 16.9 Å². The van der Waals surface area contributed by atoms with Crippen molar-refractivity contribution >= 4 is 22.7 Å². The van der Waals surface area contributed by atoms with Gasteiger partial charge in [-0.15, -0.1) is 0 Å². The first-order chi connectivity index (χ1) is 8.93. The van der Waals surface area contributed by atoms with E-state index in [0.29, 0.717) is 0 Å².